The van der Waals surface area contributed by atoms with Gasteiger partial charge in [0.2, 0.25) is 0 Å². The maximum atomic E-state index is 12.0. The summed E-state index contributed by atoms with van der Waals surface area (Å²) in [5.74, 6) is 1.28. The van der Waals surface area contributed by atoms with Crippen LogP contribution in [0.1, 0.15) is 32.7 Å². The summed E-state index contributed by atoms with van der Waals surface area (Å²) in [6.07, 6.45) is 3.50. The van der Waals surface area contributed by atoms with E-state index >= 15 is 0 Å². The quantitative estimate of drug-likeness (QED) is 0.882. The Morgan fingerprint density at radius 1 is 1.53 bits per heavy atom. The van der Waals surface area contributed by atoms with Gasteiger partial charge in [0.15, 0.2) is 20.6 Å². The zero-order valence-electron chi connectivity index (χ0n) is 11.9. The SMILES string of the molecule is CCN(C)c1nn(C(C)C2CC2)c(N)c1S(C)(=O)=O. The Balaban J connectivity index is 2.56. The molecule has 1 aliphatic carbocycles. The Morgan fingerprint density at radius 3 is 2.53 bits per heavy atom. The molecule has 1 aromatic heterocycles. The van der Waals surface area contributed by atoms with E-state index in [4.69, 9.17) is 5.73 Å². The zero-order valence-corrected chi connectivity index (χ0v) is 12.7. The predicted octanol–water partition coefficient (Wildman–Crippen LogP) is 1.30. The van der Waals surface area contributed by atoms with Crippen molar-refractivity contribution in [2.75, 3.05) is 30.5 Å². The fourth-order valence-electron chi connectivity index (χ4n) is 2.26. The molecule has 1 heterocycles. The molecule has 0 radical (unpaired) electrons. The number of hydrogen-bond donors (Lipinski definition) is 1. The second kappa shape index (κ2) is 4.70. The third-order valence-electron chi connectivity index (χ3n) is 3.78. The first-order valence-corrected chi connectivity index (χ1v) is 8.45. The van der Waals surface area contributed by atoms with Crippen molar-refractivity contribution in [3.05, 3.63) is 0 Å². The molecule has 108 valence electrons. The molecule has 1 fully saturated rings. The molecule has 7 heteroatoms. The van der Waals surface area contributed by atoms with Crippen LogP contribution in [0.3, 0.4) is 0 Å². The minimum absolute atomic E-state index is 0.152. The number of sulfone groups is 1. The normalized spacial score (nSPS) is 17.5. The smallest absolute Gasteiger partial charge is 0.182 e. The van der Waals surface area contributed by atoms with Gasteiger partial charge >= 0.3 is 0 Å². The third kappa shape index (κ3) is 2.56. The maximum Gasteiger partial charge on any atom is 0.182 e. The van der Waals surface area contributed by atoms with Gasteiger partial charge < -0.3 is 10.6 Å². The van der Waals surface area contributed by atoms with Crippen LogP contribution in [0.15, 0.2) is 4.90 Å². The second-order valence-corrected chi connectivity index (χ2v) is 7.30. The summed E-state index contributed by atoms with van der Waals surface area (Å²) in [5.41, 5.74) is 6.04. The van der Waals surface area contributed by atoms with E-state index in [2.05, 4.69) is 5.10 Å². The number of rotatable bonds is 5. The Labute approximate surface area is 114 Å². The summed E-state index contributed by atoms with van der Waals surface area (Å²) < 4.78 is 25.6. The van der Waals surface area contributed by atoms with Crippen molar-refractivity contribution >= 4 is 21.5 Å². The van der Waals surface area contributed by atoms with E-state index in [0.29, 0.717) is 18.3 Å². The average Bonchev–Trinajstić information content (AvgIpc) is 3.09. The molecule has 1 unspecified atom stereocenters. The van der Waals surface area contributed by atoms with E-state index in [9.17, 15) is 8.42 Å². The van der Waals surface area contributed by atoms with Crippen LogP contribution in [-0.4, -0.2) is 38.0 Å². The second-order valence-electron chi connectivity index (χ2n) is 5.35. The zero-order chi connectivity index (χ0) is 14.4. The summed E-state index contributed by atoms with van der Waals surface area (Å²) >= 11 is 0. The van der Waals surface area contributed by atoms with E-state index in [0.717, 1.165) is 12.8 Å². The molecule has 1 saturated carbocycles. The Hall–Kier alpha value is -1.24. The first-order valence-electron chi connectivity index (χ1n) is 6.56. The first-order chi connectivity index (χ1) is 8.77. The molecule has 1 atom stereocenters. The predicted molar refractivity (Wildman–Crippen MR) is 76.1 cm³/mol. The van der Waals surface area contributed by atoms with Crippen LogP contribution in [0.5, 0.6) is 0 Å². The molecule has 1 aromatic rings. The fraction of sp³-hybridized carbons (Fsp3) is 0.750. The van der Waals surface area contributed by atoms with Crippen molar-refractivity contribution in [1.29, 1.82) is 0 Å². The highest BCUT2D eigenvalue weighted by Crippen LogP contribution is 2.42. The van der Waals surface area contributed by atoms with E-state index in [1.807, 2.05) is 25.8 Å². The lowest BCUT2D eigenvalue weighted by atomic mass is 10.2. The van der Waals surface area contributed by atoms with Crippen LogP contribution in [0.25, 0.3) is 0 Å². The molecular weight excluding hydrogens is 264 g/mol. The molecule has 19 heavy (non-hydrogen) atoms. The number of nitrogen functional groups attached to an aromatic ring is 1. The third-order valence-corrected chi connectivity index (χ3v) is 4.92. The summed E-state index contributed by atoms with van der Waals surface area (Å²) in [6, 6.07) is 0.152. The monoisotopic (exact) mass is 286 g/mol. The molecular formula is C12H22N4O2S. The van der Waals surface area contributed by atoms with Gasteiger partial charge in [-0.25, -0.2) is 13.1 Å². The summed E-state index contributed by atoms with van der Waals surface area (Å²) in [5, 5.41) is 4.45. The van der Waals surface area contributed by atoms with Crippen molar-refractivity contribution in [3.8, 4) is 0 Å². The van der Waals surface area contributed by atoms with Gasteiger partial charge in [-0.1, -0.05) is 0 Å². The molecule has 1 aliphatic rings. The van der Waals surface area contributed by atoms with E-state index in [1.165, 1.54) is 6.26 Å². The molecule has 6 nitrogen and oxygen atoms in total. The fourth-order valence-corrected chi connectivity index (χ4v) is 3.27. The van der Waals surface area contributed by atoms with Gasteiger partial charge in [0.25, 0.3) is 0 Å². The average molecular weight is 286 g/mol. The summed E-state index contributed by atoms with van der Waals surface area (Å²) in [6.45, 7) is 4.67. The van der Waals surface area contributed by atoms with Gasteiger partial charge in [-0.05, 0) is 32.6 Å². The summed E-state index contributed by atoms with van der Waals surface area (Å²) in [4.78, 5) is 1.97. The molecule has 0 aliphatic heterocycles. The highest BCUT2D eigenvalue weighted by atomic mass is 32.2. The lowest BCUT2D eigenvalue weighted by Gasteiger charge is -2.14. The Kier molecular flexibility index (Phi) is 3.51. The van der Waals surface area contributed by atoms with Gasteiger partial charge in [0.05, 0.1) is 6.04 Å². The van der Waals surface area contributed by atoms with Gasteiger partial charge in [0, 0.05) is 19.8 Å². The number of nitrogens with two attached hydrogens (primary N) is 1. The molecule has 2 rings (SSSR count). The highest BCUT2D eigenvalue weighted by molar-refractivity contribution is 7.91. The van der Waals surface area contributed by atoms with E-state index in [1.54, 1.807) is 4.68 Å². The van der Waals surface area contributed by atoms with Crippen LogP contribution in [0.4, 0.5) is 11.6 Å². The minimum Gasteiger partial charge on any atom is -0.383 e. The molecule has 0 amide bonds. The molecule has 0 saturated heterocycles. The topological polar surface area (TPSA) is 81.2 Å². The van der Waals surface area contributed by atoms with Crippen molar-refractivity contribution in [1.82, 2.24) is 9.78 Å². The Morgan fingerprint density at radius 2 is 2.11 bits per heavy atom. The van der Waals surface area contributed by atoms with Crippen LogP contribution in [-0.2, 0) is 9.84 Å². The lowest BCUT2D eigenvalue weighted by molar-refractivity contribution is 0.446. The number of hydrogen-bond acceptors (Lipinski definition) is 5. The largest absolute Gasteiger partial charge is 0.383 e. The number of nitrogens with zero attached hydrogens (tertiary/aromatic N) is 3. The van der Waals surface area contributed by atoms with Crippen molar-refractivity contribution in [2.24, 2.45) is 5.92 Å². The van der Waals surface area contributed by atoms with Crippen LogP contribution in [0, 0.1) is 5.92 Å². The van der Waals surface area contributed by atoms with Gasteiger partial charge in [-0.2, -0.15) is 5.10 Å². The first kappa shape index (κ1) is 14.2. The van der Waals surface area contributed by atoms with Crippen LogP contribution < -0.4 is 10.6 Å². The molecule has 0 spiro atoms. The maximum absolute atomic E-state index is 12.0. The molecule has 0 aromatic carbocycles. The van der Waals surface area contributed by atoms with Crippen LogP contribution in [0.2, 0.25) is 0 Å². The lowest BCUT2D eigenvalue weighted by Crippen LogP contribution is -2.19. The highest BCUT2D eigenvalue weighted by Gasteiger charge is 2.34. The van der Waals surface area contributed by atoms with Gasteiger partial charge in [0.1, 0.15) is 5.82 Å². The Bertz CT molecular complexity index is 575. The summed E-state index contributed by atoms with van der Waals surface area (Å²) in [7, 11) is -1.57. The van der Waals surface area contributed by atoms with Gasteiger partial charge in [-0.3, -0.25) is 0 Å². The van der Waals surface area contributed by atoms with E-state index < -0.39 is 9.84 Å². The number of anilines is 2. The van der Waals surface area contributed by atoms with Gasteiger partial charge in [-0.15, -0.1) is 0 Å². The molecule has 2 N–H and O–H groups in total. The standard InChI is InChI=1S/C12H22N4O2S/c1-5-15(3)12-10(19(4,17)18)11(13)16(14-12)8(2)9-6-7-9/h8-9H,5-7,13H2,1-4H3. The van der Waals surface area contributed by atoms with Crippen molar-refractivity contribution < 1.29 is 8.42 Å². The number of aromatic nitrogens is 2. The minimum atomic E-state index is -3.39. The van der Waals surface area contributed by atoms with Crippen molar-refractivity contribution in [2.45, 2.75) is 37.6 Å². The molecule has 0 bridgehead atoms. The van der Waals surface area contributed by atoms with Crippen molar-refractivity contribution in [3.63, 3.8) is 0 Å². The van der Waals surface area contributed by atoms with E-state index in [-0.39, 0.29) is 16.8 Å². The van der Waals surface area contributed by atoms with Crippen LogP contribution >= 0.6 is 0 Å².